The highest BCUT2D eigenvalue weighted by atomic mass is 32.2. The Morgan fingerprint density at radius 1 is 0.812 bits per heavy atom. The van der Waals surface area contributed by atoms with Gasteiger partial charge in [0.15, 0.2) is 0 Å². The standard InChI is InChI=1S/C22H27N3O5S2/c1-17-6-10-20(11-7-17)32(29,30)25-16-4-5-21(25)22(26)23-18-8-12-19(13-9-18)31(27,28)24-14-2-3-15-24/h6-13,21H,2-5,14-16H2,1H3,(H,23,26). The van der Waals surface area contributed by atoms with Crippen molar-refractivity contribution in [2.75, 3.05) is 25.0 Å². The molecule has 10 heteroatoms. The van der Waals surface area contributed by atoms with Gasteiger partial charge in [-0.2, -0.15) is 8.61 Å². The van der Waals surface area contributed by atoms with Crippen LogP contribution in [0.25, 0.3) is 0 Å². The Kier molecular flexibility index (Phi) is 6.39. The number of nitrogens with one attached hydrogen (secondary N) is 1. The number of amides is 1. The minimum Gasteiger partial charge on any atom is -0.325 e. The average Bonchev–Trinajstić information content (AvgIpc) is 3.47. The van der Waals surface area contributed by atoms with Gasteiger partial charge in [-0.25, -0.2) is 16.8 Å². The molecule has 2 aliphatic heterocycles. The summed E-state index contributed by atoms with van der Waals surface area (Å²) in [5.41, 5.74) is 1.38. The van der Waals surface area contributed by atoms with Crippen molar-refractivity contribution in [1.82, 2.24) is 8.61 Å². The van der Waals surface area contributed by atoms with Gasteiger partial charge in [0.1, 0.15) is 6.04 Å². The van der Waals surface area contributed by atoms with E-state index < -0.39 is 32.0 Å². The van der Waals surface area contributed by atoms with Crippen LogP contribution in [-0.2, 0) is 24.8 Å². The van der Waals surface area contributed by atoms with E-state index in [-0.39, 0.29) is 16.3 Å². The number of hydrogen-bond acceptors (Lipinski definition) is 5. The Morgan fingerprint density at radius 2 is 1.38 bits per heavy atom. The number of hydrogen-bond donors (Lipinski definition) is 1. The van der Waals surface area contributed by atoms with E-state index in [0.717, 1.165) is 18.4 Å². The fraction of sp³-hybridized carbons (Fsp3) is 0.409. The van der Waals surface area contributed by atoms with Crippen LogP contribution in [0.2, 0.25) is 0 Å². The van der Waals surface area contributed by atoms with E-state index in [1.165, 1.54) is 32.9 Å². The number of sulfonamides is 2. The zero-order valence-corrected chi connectivity index (χ0v) is 19.5. The number of benzene rings is 2. The van der Waals surface area contributed by atoms with E-state index in [2.05, 4.69) is 5.32 Å². The van der Waals surface area contributed by atoms with Crippen LogP contribution in [0.15, 0.2) is 58.3 Å². The molecule has 0 saturated carbocycles. The quantitative estimate of drug-likeness (QED) is 0.689. The van der Waals surface area contributed by atoms with Crippen LogP contribution in [0.1, 0.15) is 31.2 Å². The molecule has 172 valence electrons. The highest BCUT2D eigenvalue weighted by Crippen LogP contribution is 2.28. The molecule has 2 aromatic carbocycles. The van der Waals surface area contributed by atoms with Gasteiger partial charge in [-0.15, -0.1) is 0 Å². The third-order valence-corrected chi connectivity index (χ3v) is 9.79. The smallest absolute Gasteiger partial charge is 0.243 e. The topological polar surface area (TPSA) is 104 Å². The van der Waals surface area contributed by atoms with Crippen molar-refractivity contribution >= 4 is 31.6 Å². The average molecular weight is 478 g/mol. The lowest BCUT2D eigenvalue weighted by Gasteiger charge is -2.23. The largest absolute Gasteiger partial charge is 0.325 e. The summed E-state index contributed by atoms with van der Waals surface area (Å²) in [6.45, 7) is 3.20. The zero-order valence-electron chi connectivity index (χ0n) is 17.9. The number of carbonyl (C=O) groups excluding carboxylic acids is 1. The summed E-state index contributed by atoms with van der Waals surface area (Å²) in [5.74, 6) is -0.423. The number of nitrogens with zero attached hydrogens (tertiary/aromatic N) is 2. The highest BCUT2D eigenvalue weighted by Gasteiger charge is 2.39. The molecule has 0 aromatic heterocycles. The zero-order chi connectivity index (χ0) is 22.9. The SMILES string of the molecule is Cc1ccc(S(=O)(=O)N2CCCC2C(=O)Nc2ccc(S(=O)(=O)N3CCCC3)cc2)cc1. The Bertz CT molecular complexity index is 1190. The molecule has 0 radical (unpaired) electrons. The first kappa shape index (κ1) is 22.9. The minimum absolute atomic E-state index is 0.166. The van der Waals surface area contributed by atoms with Gasteiger partial charge in [0.25, 0.3) is 0 Å². The van der Waals surface area contributed by atoms with Gasteiger partial charge < -0.3 is 5.32 Å². The van der Waals surface area contributed by atoms with Gasteiger partial charge in [0, 0.05) is 25.3 Å². The molecule has 8 nitrogen and oxygen atoms in total. The summed E-state index contributed by atoms with van der Waals surface area (Å²) in [6.07, 6.45) is 2.74. The van der Waals surface area contributed by atoms with E-state index in [9.17, 15) is 21.6 Å². The second-order valence-electron chi connectivity index (χ2n) is 8.21. The molecule has 2 aliphatic rings. The molecule has 1 atom stereocenters. The van der Waals surface area contributed by atoms with Crippen LogP contribution in [0.3, 0.4) is 0 Å². The molecule has 0 bridgehead atoms. The fourth-order valence-electron chi connectivity index (χ4n) is 4.15. The summed E-state index contributed by atoms with van der Waals surface area (Å²) < 4.78 is 54.2. The predicted molar refractivity (Wildman–Crippen MR) is 121 cm³/mol. The lowest BCUT2D eigenvalue weighted by atomic mass is 10.2. The van der Waals surface area contributed by atoms with E-state index in [4.69, 9.17) is 0 Å². The molecular weight excluding hydrogens is 450 g/mol. The van der Waals surface area contributed by atoms with E-state index in [1.807, 2.05) is 6.92 Å². The van der Waals surface area contributed by atoms with Gasteiger partial charge >= 0.3 is 0 Å². The van der Waals surface area contributed by atoms with Crippen LogP contribution in [0.4, 0.5) is 5.69 Å². The molecule has 32 heavy (non-hydrogen) atoms. The molecule has 0 spiro atoms. The van der Waals surface area contributed by atoms with Crippen molar-refractivity contribution in [2.45, 2.75) is 48.4 Å². The number of carbonyl (C=O) groups is 1. The summed E-state index contributed by atoms with van der Waals surface area (Å²) in [7, 11) is -7.32. The number of rotatable bonds is 6. The first-order valence-corrected chi connectivity index (χ1v) is 13.6. The molecule has 2 aromatic rings. The summed E-state index contributed by atoms with van der Waals surface area (Å²) >= 11 is 0. The number of anilines is 1. The Balaban J connectivity index is 1.48. The van der Waals surface area contributed by atoms with Crippen LogP contribution < -0.4 is 5.32 Å². The second-order valence-corrected chi connectivity index (χ2v) is 12.0. The Labute approximate surface area is 189 Å². The summed E-state index contributed by atoms with van der Waals surface area (Å²) in [6, 6.07) is 11.8. The van der Waals surface area contributed by atoms with Crippen molar-refractivity contribution in [3.05, 3.63) is 54.1 Å². The van der Waals surface area contributed by atoms with Crippen molar-refractivity contribution < 1.29 is 21.6 Å². The molecule has 1 unspecified atom stereocenters. The maximum atomic E-state index is 13.1. The molecule has 2 saturated heterocycles. The van der Waals surface area contributed by atoms with Gasteiger partial charge in [-0.05, 0) is 69.0 Å². The monoisotopic (exact) mass is 477 g/mol. The molecule has 1 amide bonds. The van der Waals surface area contributed by atoms with E-state index in [0.29, 0.717) is 31.6 Å². The second kappa shape index (κ2) is 8.93. The maximum Gasteiger partial charge on any atom is 0.243 e. The van der Waals surface area contributed by atoms with E-state index >= 15 is 0 Å². The van der Waals surface area contributed by atoms with Crippen LogP contribution >= 0.6 is 0 Å². The lowest BCUT2D eigenvalue weighted by molar-refractivity contribution is -0.119. The highest BCUT2D eigenvalue weighted by molar-refractivity contribution is 7.89. The van der Waals surface area contributed by atoms with Gasteiger partial charge in [0.05, 0.1) is 9.79 Å². The van der Waals surface area contributed by atoms with E-state index in [1.54, 1.807) is 24.3 Å². The summed E-state index contributed by atoms with van der Waals surface area (Å²) in [4.78, 5) is 13.3. The third kappa shape index (κ3) is 4.45. The predicted octanol–water partition coefficient (Wildman–Crippen LogP) is 2.57. The lowest BCUT2D eigenvalue weighted by Crippen LogP contribution is -2.43. The van der Waals surface area contributed by atoms with Crippen molar-refractivity contribution in [1.29, 1.82) is 0 Å². The molecule has 0 aliphatic carbocycles. The molecule has 2 heterocycles. The fourth-order valence-corrected chi connectivity index (χ4v) is 7.32. The van der Waals surface area contributed by atoms with Crippen molar-refractivity contribution in [3.8, 4) is 0 Å². The molecule has 1 N–H and O–H groups in total. The van der Waals surface area contributed by atoms with Gasteiger partial charge in [-0.3, -0.25) is 4.79 Å². The van der Waals surface area contributed by atoms with Gasteiger partial charge in [-0.1, -0.05) is 17.7 Å². The maximum absolute atomic E-state index is 13.1. The third-order valence-electron chi connectivity index (χ3n) is 5.96. The molecule has 2 fully saturated rings. The van der Waals surface area contributed by atoms with Crippen LogP contribution in [0, 0.1) is 6.92 Å². The number of aryl methyl sites for hydroxylation is 1. The minimum atomic E-state index is -3.79. The van der Waals surface area contributed by atoms with Crippen molar-refractivity contribution in [3.63, 3.8) is 0 Å². The molecule has 4 rings (SSSR count). The first-order valence-electron chi connectivity index (χ1n) is 10.7. The van der Waals surface area contributed by atoms with Crippen LogP contribution in [0.5, 0.6) is 0 Å². The Hall–Kier alpha value is -2.27. The molecular formula is C22H27N3O5S2. The first-order chi connectivity index (χ1) is 15.2. The summed E-state index contributed by atoms with van der Waals surface area (Å²) in [5, 5.41) is 2.74. The van der Waals surface area contributed by atoms with Crippen LogP contribution in [-0.4, -0.2) is 57.0 Å². The van der Waals surface area contributed by atoms with Gasteiger partial charge in [0.2, 0.25) is 26.0 Å². The van der Waals surface area contributed by atoms with Crippen molar-refractivity contribution in [2.24, 2.45) is 0 Å². The Morgan fingerprint density at radius 3 is 2.00 bits per heavy atom. The normalized spacial score (nSPS) is 20.5.